The third kappa shape index (κ3) is 11.4. The van der Waals surface area contributed by atoms with Crippen LogP contribution in [-0.2, 0) is 22.7 Å². The number of likely N-dealkylation sites (N-methyl/N-ethyl adjacent to an activating group) is 1. The van der Waals surface area contributed by atoms with Gasteiger partial charge in [-0.05, 0) is 77.3 Å². The molecule has 48 heavy (non-hydrogen) atoms. The number of nitrogens with zero attached hydrogens (tertiary/aromatic N) is 6. The molecule has 0 spiro atoms. The van der Waals surface area contributed by atoms with Gasteiger partial charge in [0.1, 0.15) is 11.5 Å². The number of piperidine rings is 1. The number of rotatable bonds is 19. The molecule has 1 saturated heterocycles. The summed E-state index contributed by atoms with van der Waals surface area (Å²) in [5, 5.41) is 29.4. The van der Waals surface area contributed by atoms with E-state index in [9.17, 15) is 9.59 Å². The maximum Gasteiger partial charge on any atom is 0.233 e. The number of para-hydroxylation sites is 1. The van der Waals surface area contributed by atoms with Gasteiger partial charge in [0.05, 0.1) is 24.8 Å². The molecule has 5 rings (SSSR count). The highest BCUT2D eigenvalue weighted by Crippen LogP contribution is 2.25. The Hall–Kier alpha value is -3.88. The van der Waals surface area contributed by atoms with E-state index in [1.165, 1.54) is 32.1 Å². The number of likely N-dealkylation sites (tertiary alicyclic amines) is 1. The van der Waals surface area contributed by atoms with Gasteiger partial charge in [0.15, 0.2) is 0 Å². The quantitative estimate of drug-likeness (QED) is 0.104. The van der Waals surface area contributed by atoms with Crippen molar-refractivity contribution in [3.63, 3.8) is 0 Å². The molecule has 14 nitrogen and oxygen atoms in total. The Morgan fingerprint density at radius 3 is 2.56 bits per heavy atom. The number of aryl methyl sites for hydroxylation is 1. The normalized spacial score (nSPS) is 15.9. The molecule has 1 saturated carbocycles. The Morgan fingerprint density at radius 1 is 0.917 bits per heavy atom. The van der Waals surface area contributed by atoms with Crippen LogP contribution in [0.4, 0.5) is 11.8 Å². The van der Waals surface area contributed by atoms with Gasteiger partial charge in [-0.3, -0.25) is 14.3 Å². The van der Waals surface area contributed by atoms with E-state index in [4.69, 9.17) is 9.97 Å². The molecule has 2 amide bonds. The predicted molar refractivity (Wildman–Crippen MR) is 189 cm³/mol. The second kappa shape index (κ2) is 19.2. The van der Waals surface area contributed by atoms with Crippen molar-refractivity contribution in [2.24, 2.45) is 0 Å². The lowest BCUT2D eigenvalue weighted by Gasteiger charge is -2.33. The van der Waals surface area contributed by atoms with Gasteiger partial charge >= 0.3 is 0 Å². The molecular formula is C34H54N12O2. The predicted octanol–water partition coefficient (Wildman–Crippen LogP) is 2.25. The number of aromatic nitrogens is 5. The summed E-state index contributed by atoms with van der Waals surface area (Å²) < 4.78 is 1.90. The minimum absolute atomic E-state index is 0.0683. The third-order valence-electron chi connectivity index (χ3n) is 9.11. The lowest BCUT2D eigenvalue weighted by atomic mass is 9.95. The molecule has 3 heterocycles. The van der Waals surface area contributed by atoms with Crippen molar-refractivity contribution >= 4 is 34.5 Å². The number of hydrogen-bond acceptors (Lipinski definition) is 11. The highest BCUT2D eigenvalue weighted by Gasteiger charge is 2.23. The number of fused-ring (bicyclic) bond motifs is 1. The third-order valence-corrected chi connectivity index (χ3v) is 9.11. The minimum atomic E-state index is -0.104. The molecule has 0 atom stereocenters. The van der Waals surface area contributed by atoms with Crippen LogP contribution in [0.3, 0.4) is 0 Å². The van der Waals surface area contributed by atoms with Crippen molar-refractivity contribution in [2.75, 3.05) is 63.5 Å². The average molecular weight is 663 g/mol. The summed E-state index contributed by atoms with van der Waals surface area (Å²) in [4.78, 5) is 35.7. The van der Waals surface area contributed by atoms with Crippen LogP contribution in [0.25, 0.3) is 10.9 Å². The van der Waals surface area contributed by atoms with E-state index in [1.54, 1.807) is 7.05 Å². The topological polar surface area (TPSA) is 166 Å². The number of amides is 2. The molecular weight excluding hydrogens is 608 g/mol. The van der Waals surface area contributed by atoms with Gasteiger partial charge in [0.2, 0.25) is 17.8 Å². The van der Waals surface area contributed by atoms with Gasteiger partial charge in [-0.25, -0.2) is 4.98 Å². The van der Waals surface area contributed by atoms with Crippen molar-refractivity contribution in [3.8, 4) is 0 Å². The number of nitrogens with one attached hydrogen (secondary N) is 6. The van der Waals surface area contributed by atoms with Crippen LogP contribution in [0.1, 0.15) is 69.9 Å². The van der Waals surface area contributed by atoms with Crippen molar-refractivity contribution in [2.45, 2.75) is 89.4 Å². The molecule has 262 valence electrons. The van der Waals surface area contributed by atoms with Crippen molar-refractivity contribution in [1.82, 2.24) is 51.1 Å². The summed E-state index contributed by atoms with van der Waals surface area (Å²) in [7, 11) is 1.72. The van der Waals surface area contributed by atoms with Gasteiger partial charge in [-0.2, -0.15) is 4.98 Å². The molecule has 1 aliphatic heterocycles. The maximum absolute atomic E-state index is 12.7. The number of carbonyl (C=O) groups excluding carboxylic acids is 2. The molecule has 0 bridgehead atoms. The van der Waals surface area contributed by atoms with Crippen molar-refractivity contribution < 1.29 is 9.59 Å². The first kappa shape index (κ1) is 35.4. The molecule has 2 aromatic heterocycles. The molecule has 14 heteroatoms. The zero-order valence-electron chi connectivity index (χ0n) is 28.5. The van der Waals surface area contributed by atoms with Crippen LogP contribution >= 0.6 is 0 Å². The lowest BCUT2D eigenvalue weighted by molar-refractivity contribution is -0.132. The van der Waals surface area contributed by atoms with E-state index in [0.29, 0.717) is 38.5 Å². The largest absolute Gasteiger partial charge is 0.367 e. The molecule has 0 unspecified atom stereocenters. The monoisotopic (exact) mass is 662 g/mol. The van der Waals surface area contributed by atoms with Gasteiger partial charge in [0.25, 0.3) is 0 Å². The SMILES string of the molecule is CNCC(=O)NCCC(=O)N1CCC(Nc2nc(NCc3cn(CCCNCCCNC4CCCCC4)nn3)nc3ccccc23)CC1. The molecule has 0 radical (unpaired) electrons. The van der Waals surface area contributed by atoms with Gasteiger partial charge < -0.3 is 36.8 Å². The molecule has 1 aliphatic carbocycles. The Balaban J connectivity index is 1.02. The Morgan fingerprint density at radius 2 is 1.73 bits per heavy atom. The van der Waals surface area contributed by atoms with E-state index in [1.807, 2.05) is 40.0 Å². The van der Waals surface area contributed by atoms with Crippen LogP contribution in [0.15, 0.2) is 30.5 Å². The van der Waals surface area contributed by atoms with Crippen molar-refractivity contribution in [3.05, 3.63) is 36.2 Å². The maximum atomic E-state index is 12.7. The molecule has 6 N–H and O–H groups in total. The van der Waals surface area contributed by atoms with Crippen LogP contribution < -0.4 is 31.9 Å². The van der Waals surface area contributed by atoms with E-state index < -0.39 is 0 Å². The number of carbonyl (C=O) groups is 2. The summed E-state index contributed by atoms with van der Waals surface area (Å²) in [6.07, 6.45) is 12.9. The fourth-order valence-corrected chi connectivity index (χ4v) is 6.44. The van der Waals surface area contributed by atoms with Crippen LogP contribution in [-0.4, -0.2) is 107 Å². The smallest absolute Gasteiger partial charge is 0.233 e. The lowest BCUT2D eigenvalue weighted by Crippen LogP contribution is -2.43. The summed E-state index contributed by atoms with van der Waals surface area (Å²) in [5.74, 6) is 1.27. The molecule has 2 fully saturated rings. The fourth-order valence-electron chi connectivity index (χ4n) is 6.44. The van der Waals surface area contributed by atoms with Crippen LogP contribution in [0.2, 0.25) is 0 Å². The van der Waals surface area contributed by atoms with Crippen molar-refractivity contribution in [1.29, 1.82) is 0 Å². The molecule has 1 aromatic carbocycles. The number of anilines is 2. The zero-order chi connectivity index (χ0) is 33.4. The minimum Gasteiger partial charge on any atom is -0.367 e. The Labute approximate surface area is 284 Å². The number of benzene rings is 1. The molecule has 2 aliphatic rings. The summed E-state index contributed by atoms with van der Waals surface area (Å²) >= 11 is 0. The van der Waals surface area contributed by atoms with Gasteiger partial charge in [-0.15, -0.1) is 5.10 Å². The van der Waals surface area contributed by atoms with E-state index in [0.717, 1.165) is 80.3 Å². The summed E-state index contributed by atoms with van der Waals surface area (Å²) in [6, 6.07) is 8.89. The Bertz CT molecular complexity index is 1420. The number of hydrogen-bond donors (Lipinski definition) is 6. The highest BCUT2D eigenvalue weighted by atomic mass is 16.2. The van der Waals surface area contributed by atoms with E-state index in [2.05, 4.69) is 42.2 Å². The van der Waals surface area contributed by atoms with E-state index >= 15 is 0 Å². The first-order valence-corrected chi connectivity index (χ1v) is 17.9. The summed E-state index contributed by atoms with van der Waals surface area (Å²) in [5.41, 5.74) is 1.69. The average Bonchev–Trinajstić information content (AvgIpc) is 3.57. The van der Waals surface area contributed by atoms with Gasteiger partial charge in [0, 0.05) is 50.1 Å². The second-order valence-corrected chi connectivity index (χ2v) is 12.9. The zero-order valence-corrected chi connectivity index (χ0v) is 28.5. The standard InChI is InChI=1S/C34H54N12O2/c1-35-24-31(47)38-19-13-32(48)45-21-14-27(15-22-45)40-33-29-11-5-6-12-30(29)41-34(42-33)39-23-28-25-46(44-43-28)20-8-17-36-16-7-18-37-26-9-3-2-4-10-26/h5-6,11-12,25-27,35-37H,2-4,7-10,13-24H2,1H3,(H,38,47)(H2,39,40,41,42). The Kier molecular flexibility index (Phi) is 14.2. The second-order valence-electron chi connectivity index (χ2n) is 12.9. The first-order valence-electron chi connectivity index (χ1n) is 17.9. The van der Waals surface area contributed by atoms with Crippen LogP contribution in [0.5, 0.6) is 0 Å². The van der Waals surface area contributed by atoms with Gasteiger partial charge in [-0.1, -0.05) is 36.6 Å². The highest BCUT2D eigenvalue weighted by molar-refractivity contribution is 5.90. The molecule has 3 aromatic rings. The van der Waals surface area contributed by atoms with E-state index in [-0.39, 0.29) is 24.4 Å². The first-order chi connectivity index (χ1) is 23.6. The summed E-state index contributed by atoms with van der Waals surface area (Å²) in [6.45, 7) is 6.32. The fraction of sp³-hybridized carbons (Fsp3) is 0.647. The van der Waals surface area contributed by atoms with Crippen LogP contribution in [0, 0.1) is 0 Å².